The summed E-state index contributed by atoms with van der Waals surface area (Å²) in [6, 6.07) is 3.98. The summed E-state index contributed by atoms with van der Waals surface area (Å²) < 4.78 is 6.88. The maximum atomic E-state index is 5.91. The van der Waals surface area contributed by atoms with Crippen LogP contribution in [-0.2, 0) is 13.6 Å². The number of aromatic nitrogens is 3. The summed E-state index contributed by atoms with van der Waals surface area (Å²) in [5.74, 6) is 0.611. The van der Waals surface area contributed by atoms with E-state index in [-0.39, 0.29) is 6.04 Å². The van der Waals surface area contributed by atoms with Gasteiger partial charge in [0.2, 0.25) is 5.88 Å². The Morgan fingerprint density at radius 2 is 2.20 bits per heavy atom. The lowest BCUT2D eigenvalue weighted by atomic mass is 10.1. The van der Waals surface area contributed by atoms with Crippen molar-refractivity contribution < 1.29 is 4.74 Å². The molecule has 1 atom stereocenters. The van der Waals surface area contributed by atoms with Crippen LogP contribution in [-0.4, -0.2) is 40.4 Å². The Morgan fingerprint density at radius 1 is 1.40 bits per heavy atom. The van der Waals surface area contributed by atoms with Gasteiger partial charge < -0.3 is 10.5 Å². The molecule has 2 rings (SSSR count). The number of rotatable bonds is 6. The van der Waals surface area contributed by atoms with Crippen LogP contribution < -0.4 is 10.5 Å². The molecule has 2 aromatic heterocycles. The van der Waals surface area contributed by atoms with Gasteiger partial charge in [-0.25, -0.2) is 4.98 Å². The third-order valence-electron chi connectivity index (χ3n) is 3.30. The van der Waals surface area contributed by atoms with Gasteiger partial charge in [0.25, 0.3) is 0 Å². The fourth-order valence-corrected chi connectivity index (χ4v) is 2.23. The Labute approximate surface area is 119 Å². The van der Waals surface area contributed by atoms with Gasteiger partial charge in [-0.3, -0.25) is 9.58 Å². The van der Waals surface area contributed by atoms with Crippen molar-refractivity contribution in [3.05, 3.63) is 41.9 Å². The highest BCUT2D eigenvalue weighted by Crippen LogP contribution is 2.21. The number of methoxy groups -OCH3 is 1. The number of ether oxygens (including phenoxy) is 1. The first-order chi connectivity index (χ1) is 9.63. The Kier molecular flexibility index (Phi) is 4.70. The van der Waals surface area contributed by atoms with Gasteiger partial charge in [0.1, 0.15) is 0 Å². The van der Waals surface area contributed by atoms with E-state index in [0.29, 0.717) is 12.4 Å². The molecule has 0 spiro atoms. The van der Waals surface area contributed by atoms with Crippen molar-refractivity contribution in [3.63, 3.8) is 0 Å². The van der Waals surface area contributed by atoms with Crippen molar-refractivity contribution in [1.29, 1.82) is 0 Å². The van der Waals surface area contributed by atoms with Crippen molar-refractivity contribution in [3.8, 4) is 5.88 Å². The van der Waals surface area contributed by atoms with Gasteiger partial charge >= 0.3 is 0 Å². The smallest absolute Gasteiger partial charge is 0.212 e. The minimum Gasteiger partial charge on any atom is -0.481 e. The van der Waals surface area contributed by atoms with Gasteiger partial charge in [0.15, 0.2) is 0 Å². The highest BCUT2D eigenvalue weighted by atomic mass is 16.5. The third kappa shape index (κ3) is 3.34. The van der Waals surface area contributed by atoms with Gasteiger partial charge in [0.05, 0.1) is 13.3 Å². The summed E-state index contributed by atoms with van der Waals surface area (Å²) in [6.45, 7) is 1.33. The van der Waals surface area contributed by atoms with Crippen molar-refractivity contribution in [2.75, 3.05) is 20.7 Å². The number of nitrogens with two attached hydrogens (primary N) is 1. The molecule has 0 bridgehead atoms. The molecular weight excluding hydrogens is 254 g/mol. The number of hydrogen-bond donors (Lipinski definition) is 1. The average molecular weight is 275 g/mol. The largest absolute Gasteiger partial charge is 0.481 e. The number of aryl methyl sites for hydroxylation is 1. The van der Waals surface area contributed by atoms with Gasteiger partial charge in [-0.15, -0.1) is 0 Å². The first kappa shape index (κ1) is 14.5. The predicted octanol–water partition coefficient (Wildman–Crippen LogP) is 0.955. The molecule has 0 aromatic carbocycles. The zero-order chi connectivity index (χ0) is 14.5. The second kappa shape index (κ2) is 6.49. The lowest BCUT2D eigenvalue weighted by molar-refractivity contribution is 0.241. The Morgan fingerprint density at radius 3 is 2.70 bits per heavy atom. The van der Waals surface area contributed by atoms with Crippen molar-refractivity contribution >= 4 is 0 Å². The first-order valence-corrected chi connectivity index (χ1v) is 6.51. The lowest BCUT2D eigenvalue weighted by Gasteiger charge is -2.26. The second-order valence-corrected chi connectivity index (χ2v) is 4.82. The van der Waals surface area contributed by atoms with Gasteiger partial charge in [-0.05, 0) is 12.6 Å². The number of hydrogen-bond acceptors (Lipinski definition) is 5. The molecule has 20 heavy (non-hydrogen) atoms. The summed E-state index contributed by atoms with van der Waals surface area (Å²) in [5.41, 5.74) is 8.16. The molecule has 0 aliphatic heterocycles. The zero-order valence-electron chi connectivity index (χ0n) is 12.2. The van der Waals surface area contributed by atoms with E-state index in [2.05, 4.69) is 22.0 Å². The van der Waals surface area contributed by atoms with Crippen LogP contribution in [0.1, 0.15) is 17.2 Å². The maximum Gasteiger partial charge on any atom is 0.212 e. The number of nitrogens with zero attached hydrogens (tertiary/aromatic N) is 4. The van der Waals surface area contributed by atoms with Crippen LogP contribution in [0.15, 0.2) is 30.7 Å². The Bertz CT molecular complexity index is 537. The normalized spacial score (nSPS) is 12.7. The zero-order valence-corrected chi connectivity index (χ0v) is 12.2. The van der Waals surface area contributed by atoms with E-state index >= 15 is 0 Å². The molecule has 0 saturated carbocycles. The number of pyridine rings is 1. The minimum absolute atomic E-state index is 0.119. The van der Waals surface area contributed by atoms with Crippen LogP contribution >= 0.6 is 0 Å². The quantitative estimate of drug-likeness (QED) is 0.850. The predicted molar refractivity (Wildman–Crippen MR) is 77.3 cm³/mol. The molecule has 1 unspecified atom stereocenters. The highest BCUT2D eigenvalue weighted by molar-refractivity contribution is 5.21. The van der Waals surface area contributed by atoms with Gasteiger partial charge in [0, 0.05) is 50.2 Å². The maximum absolute atomic E-state index is 5.91. The molecule has 0 aliphatic rings. The molecule has 0 aliphatic carbocycles. The monoisotopic (exact) mass is 275 g/mol. The van der Waals surface area contributed by atoms with Crippen molar-refractivity contribution in [1.82, 2.24) is 19.7 Å². The molecule has 0 amide bonds. The summed E-state index contributed by atoms with van der Waals surface area (Å²) in [4.78, 5) is 6.43. The summed E-state index contributed by atoms with van der Waals surface area (Å²) >= 11 is 0. The van der Waals surface area contributed by atoms with E-state index < -0.39 is 0 Å². The van der Waals surface area contributed by atoms with Crippen LogP contribution in [0.2, 0.25) is 0 Å². The van der Waals surface area contributed by atoms with E-state index in [1.807, 2.05) is 37.8 Å². The van der Waals surface area contributed by atoms with Crippen LogP contribution in [0.4, 0.5) is 0 Å². The third-order valence-corrected chi connectivity index (χ3v) is 3.30. The van der Waals surface area contributed by atoms with Crippen LogP contribution in [0.3, 0.4) is 0 Å². The van der Waals surface area contributed by atoms with Crippen molar-refractivity contribution in [2.45, 2.75) is 12.6 Å². The molecule has 6 nitrogen and oxygen atoms in total. The van der Waals surface area contributed by atoms with E-state index in [9.17, 15) is 0 Å². The van der Waals surface area contributed by atoms with E-state index in [0.717, 1.165) is 17.7 Å². The fraction of sp³-hybridized carbons (Fsp3) is 0.429. The topological polar surface area (TPSA) is 69.2 Å². The molecular formula is C14H21N5O. The SMILES string of the molecule is COc1ccc(C(CN)N(C)Cc2cnn(C)c2)cn1. The summed E-state index contributed by atoms with van der Waals surface area (Å²) in [7, 11) is 5.57. The van der Waals surface area contributed by atoms with Crippen LogP contribution in [0.25, 0.3) is 0 Å². The minimum atomic E-state index is 0.119. The molecule has 2 heterocycles. The summed E-state index contributed by atoms with van der Waals surface area (Å²) in [6.07, 6.45) is 5.70. The second-order valence-electron chi connectivity index (χ2n) is 4.82. The van der Waals surface area contributed by atoms with E-state index in [1.165, 1.54) is 0 Å². The van der Waals surface area contributed by atoms with Crippen molar-refractivity contribution in [2.24, 2.45) is 12.8 Å². The number of likely N-dealkylation sites (N-methyl/N-ethyl adjacent to an activating group) is 1. The highest BCUT2D eigenvalue weighted by Gasteiger charge is 2.16. The molecule has 2 aromatic rings. The molecule has 0 fully saturated rings. The molecule has 0 saturated heterocycles. The fourth-order valence-electron chi connectivity index (χ4n) is 2.23. The lowest BCUT2D eigenvalue weighted by Crippen LogP contribution is -2.30. The average Bonchev–Trinajstić information content (AvgIpc) is 2.85. The molecule has 108 valence electrons. The molecule has 0 radical (unpaired) electrons. The molecule has 6 heteroatoms. The molecule has 2 N–H and O–H groups in total. The van der Waals surface area contributed by atoms with Crippen LogP contribution in [0.5, 0.6) is 5.88 Å². The first-order valence-electron chi connectivity index (χ1n) is 6.51. The van der Waals surface area contributed by atoms with E-state index in [1.54, 1.807) is 11.8 Å². The standard InChI is InChI=1S/C14H21N5O/c1-18(9-11-7-17-19(2)10-11)13(6-15)12-4-5-14(20-3)16-8-12/h4-5,7-8,10,13H,6,9,15H2,1-3H3. The Hall–Kier alpha value is -1.92. The van der Waals surface area contributed by atoms with E-state index in [4.69, 9.17) is 10.5 Å². The van der Waals surface area contributed by atoms with Crippen LogP contribution in [0, 0.1) is 0 Å². The Balaban J connectivity index is 2.09. The van der Waals surface area contributed by atoms with Gasteiger partial charge in [-0.1, -0.05) is 6.07 Å². The summed E-state index contributed by atoms with van der Waals surface area (Å²) in [5, 5.41) is 4.18. The van der Waals surface area contributed by atoms with Gasteiger partial charge in [-0.2, -0.15) is 5.10 Å².